The zero-order chi connectivity index (χ0) is 22.7. The van der Waals surface area contributed by atoms with Gasteiger partial charge in [-0.1, -0.05) is 31.7 Å². The van der Waals surface area contributed by atoms with Crippen molar-refractivity contribution in [2.75, 3.05) is 25.7 Å². The number of hydrogen-bond donors (Lipinski definition) is 0. The molecule has 1 aromatic carbocycles. The Labute approximate surface area is 177 Å². The molecule has 1 aliphatic heterocycles. The average molecular weight is 418 g/mol. The van der Waals surface area contributed by atoms with Crippen LogP contribution in [0.4, 0.5) is 10.5 Å². The van der Waals surface area contributed by atoms with Gasteiger partial charge in [0.2, 0.25) is 0 Å². The number of allylic oxidation sites excluding steroid dienone is 1. The summed E-state index contributed by atoms with van der Waals surface area (Å²) in [7, 11) is 2.33. The van der Waals surface area contributed by atoms with Crippen LogP contribution in [-0.2, 0) is 30.3 Å². The minimum atomic E-state index is -2.08. The fourth-order valence-corrected chi connectivity index (χ4v) is 3.39. The molecule has 0 fully saturated rings. The van der Waals surface area contributed by atoms with E-state index in [0.29, 0.717) is 12.1 Å². The van der Waals surface area contributed by atoms with E-state index < -0.39 is 29.2 Å². The molecule has 0 saturated carbocycles. The number of ether oxygens (including phenoxy) is 3. The molecule has 0 atom stereocenters. The van der Waals surface area contributed by atoms with E-state index in [1.165, 1.54) is 0 Å². The average Bonchev–Trinajstić information content (AvgIpc) is 2.86. The summed E-state index contributed by atoms with van der Waals surface area (Å²) in [5.41, 5.74) is -0.776. The lowest BCUT2D eigenvalue weighted by atomic mass is 9.96. The fraction of sp³-hybridized carbons (Fsp3) is 0.500. The van der Waals surface area contributed by atoms with Crippen molar-refractivity contribution < 1.29 is 28.6 Å². The lowest BCUT2D eigenvalue weighted by Crippen LogP contribution is -2.67. The molecule has 164 valence electrons. The molecule has 0 spiro atoms. The number of rotatable bonds is 4. The van der Waals surface area contributed by atoms with Gasteiger partial charge in [0.1, 0.15) is 5.60 Å². The van der Waals surface area contributed by atoms with Gasteiger partial charge in [-0.05, 0) is 38.8 Å². The van der Waals surface area contributed by atoms with Gasteiger partial charge in [-0.2, -0.15) is 0 Å². The van der Waals surface area contributed by atoms with Crippen molar-refractivity contribution in [3.8, 4) is 0 Å². The monoisotopic (exact) mass is 418 g/mol. The molecule has 1 aliphatic rings. The maximum atomic E-state index is 13.2. The Morgan fingerprint density at radius 2 is 1.67 bits per heavy atom. The van der Waals surface area contributed by atoms with E-state index in [4.69, 9.17) is 14.2 Å². The molecule has 1 heterocycles. The summed E-state index contributed by atoms with van der Waals surface area (Å²) in [6.45, 7) is 10.9. The first-order chi connectivity index (χ1) is 14.0. The topological polar surface area (TPSA) is 85.4 Å². The van der Waals surface area contributed by atoms with Crippen LogP contribution in [0.5, 0.6) is 0 Å². The number of fused-ring (bicyclic) bond motifs is 1. The number of carbonyl (C=O) groups is 3. The van der Waals surface area contributed by atoms with Crippen molar-refractivity contribution in [2.45, 2.75) is 51.8 Å². The predicted molar refractivity (Wildman–Crippen MR) is 112 cm³/mol. The first-order valence-corrected chi connectivity index (χ1v) is 9.72. The van der Waals surface area contributed by atoms with Crippen LogP contribution < -0.4 is 4.90 Å². The lowest BCUT2D eigenvalue weighted by molar-refractivity contribution is -0.171. The van der Waals surface area contributed by atoms with Crippen molar-refractivity contribution >= 4 is 23.7 Å². The van der Waals surface area contributed by atoms with Crippen LogP contribution in [0, 0.1) is 0 Å². The maximum Gasteiger partial charge on any atom is 0.412 e. The summed E-state index contributed by atoms with van der Waals surface area (Å²) in [6, 6.07) is 7.35. The Balaban J connectivity index is 2.78. The highest BCUT2D eigenvalue weighted by atomic mass is 16.6. The number of nitrogens with zero attached hydrogens (tertiary/aromatic N) is 2. The van der Waals surface area contributed by atoms with Gasteiger partial charge >= 0.3 is 18.0 Å². The molecule has 0 bridgehead atoms. The standard InChI is InChI=1S/C22H30N2O6/c1-8-15(2)23-14-22(18(25)28-6,19(26)29-7)24(20(27)30-21(3,4)5)13-16-11-9-10-12-17(16)23/h9-12H,2,8,13-14H2,1,3-7H3. The third-order valence-electron chi connectivity index (χ3n) is 4.91. The Hall–Kier alpha value is -3.03. The zero-order valence-electron chi connectivity index (χ0n) is 18.5. The zero-order valence-corrected chi connectivity index (χ0v) is 18.5. The number of para-hydroxylation sites is 1. The van der Waals surface area contributed by atoms with E-state index >= 15 is 0 Å². The largest absolute Gasteiger partial charge is 0.467 e. The van der Waals surface area contributed by atoms with E-state index in [9.17, 15) is 14.4 Å². The molecular weight excluding hydrogens is 388 g/mol. The summed E-state index contributed by atoms with van der Waals surface area (Å²) < 4.78 is 15.5. The molecule has 0 aromatic heterocycles. The van der Waals surface area contributed by atoms with Crippen LogP contribution in [0.3, 0.4) is 0 Å². The maximum absolute atomic E-state index is 13.2. The highest BCUT2D eigenvalue weighted by Gasteiger charge is 2.59. The molecule has 2 rings (SSSR count). The summed E-state index contributed by atoms with van der Waals surface area (Å²) in [5, 5.41) is 0. The quantitative estimate of drug-likeness (QED) is 0.421. The molecule has 30 heavy (non-hydrogen) atoms. The lowest BCUT2D eigenvalue weighted by Gasteiger charge is -2.40. The number of carbonyl (C=O) groups excluding carboxylic acids is 3. The molecule has 0 N–H and O–H groups in total. The number of esters is 2. The first kappa shape index (κ1) is 23.3. The van der Waals surface area contributed by atoms with Gasteiger partial charge in [-0.3, -0.25) is 4.90 Å². The molecule has 8 nitrogen and oxygen atoms in total. The summed E-state index contributed by atoms with van der Waals surface area (Å²) in [5.74, 6) is -1.83. The van der Waals surface area contributed by atoms with Crippen molar-refractivity contribution in [3.63, 3.8) is 0 Å². The second-order valence-electron chi connectivity index (χ2n) is 8.04. The van der Waals surface area contributed by atoms with Crippen LogP contribution in [0.25, 0.3) is 0 Å². The molecular formula is C22H30N2O6. The molecule has 0 radical (unpaired) electrons. The third-order valence-corrected chi connectivity index (χ3v) is 4.91. The van der Waals surface area contributed by atoms with Gasteiger partial charge in [0, 0.05) is 11.4 Å². The summed E-state index contributed by atoms with van der Waals surface area (Å²) in [6.07, 6.45) is -0.254. The van der Waals surface area contributed by atoms with Gasteiger partial charge in [0.15, 0.2) is 0 Å². The number of amides is 1. The van der Waals surface area contributed by atoms with E-state index in [1.807, 2.05) is 31.2 Å². The Morgan fingerprint density at radius 1 is 1.10 bits per heavy atom. The van der Waals surface area contributed by atoms with E-state index in [2.05, 4.69) is 6.58 Å². The van der Waals surface area contributed by atoms with Gasteiger partial charge in [-0.15, -0.1) is 0 Å². The number of benzene rings is 1. The summed E-state index contributed by atoms with van der Waals surface area (Å²) in [4.78, 5) is 42.3. The van der Waals surface area contributed by atoms with E-state index in [-0.39, 0.29) is 13.1 Å². The van der Waals surface area contributed by atoms with Crippen LogP contribution in [-0.4, -0.2) is 54.8 Å². The number of anilines is 1. The van der Waals surface area contributed by atoms with Gasteiger partial charge in [0.25, 0.3) is 5.54 Å². The fourth-order valence-electron chi connectivity index (χ4n) is 3.39. The smallest absolute Gasteiger partial charge is 0.412 e. The SMILES string of the molecule is C=C(CC)N1CC(C(=O)OC)(C(=O)OC)N(C(=O)OC(C)(C)C)Cc2ccccc21. The highest BCUT2D eigenvalue weighted by molar-refractivity contribution is 6.08. The number of hydrogen-bond acceptors (Lipinski definition) is 7. The molecule has 0 aliphatic carbocycles. The second kappa shape index (κ2) is 8.77. The number of methoxy groups -OCH3 is 2. The van der Waals surface area contributed by atoms with Crippen LogP contribution in [0.15, 0.2) is 36.5 Å². The Morgan fingerprint density at radius 3 is 2.17 bits per heavy atom. The van der Waals surface area contributed by atoms with Gasteiger partial charge < -0.3 is 19.1 Å². The first-order valence-electron chi connectivity index (χ1n) is 9.72. The molecule has 0 saturated heterocycles. The van der Waals surface area contributed by atoms with Crippen molar-refractivity contribution in [3.05, 3.63) is 42.1 Å². The molecule has 1 amide bonds. The van der Waals surface area contributed by atoms with E-state index in [0.717, 1.165) is 30.4 Å². The highest BCUT2D eigenvalue weighted by Crippen LogP contribution is 2.37. The van der Waals surface area contributed by atoms with Crippen LogP contribution in [0.2, 0.25) is 0 Å². The normalized spacial score (nSPS) is 15.5. The third kappa shape index (κ3) is 4.27. The second-order valence-corrected chi connectivity index (χ2v) is 8.04. The van der Waals surface area contributed by atoms with E-state index in [1.54, 1.807) is 25.7 Å². The van der Waals surface area contributed by atoms with Crippen LogP contribution in [0.1, 0.15) is 39.7 Å². The Bertz CT molecular complexity index is 826. The minimum Gasteiger partial charge on any atom is -0.467 e. The van der Waals surface area contributed by atoms with Crippen molar-refractivity contribution in [2.24, 2.45) is 0 Å². The summed E-state index contributed by atoms with van der Waals surface area (Å²) >= 11 is 0. The molecule has 1 aromatic rings. The Kier molecular flexibility index (Phi) is 6.80. The van der Waals surface area contributed by atoms with Crippen LogP contribution >= 0.6 is 0 Å². The minimum absolute atomic E-state index is 0.0528. The molecule has 8 heteroatoms. The predicted octanol–water partition coefficient (Wildman–Crippen LogP) is 3.25. The van der Waals surface area contributed by atoms with Gasteiger partial charge in [-0.25, -0.2) is 14.4 Å². The van der Waals surface area contributed by atoms with Crippen molar-refractivity contribution in [1.82, 2.24) is 4.90 Å². The molecule has 0 unspecified atom stereocenters. The van der Waals surface area contributed by atoms with Gasteiger partial charge in [0.05, 0.1) is 27.3 Å². The van der Waals surface area contributed by atoms with Crippen molar-refractivity contribution in [1.29, 1.82) is 0 Å².